The molecule has 1 aromatic heterocycles. The van der Waals surface area contributed by atoms with Crippen molar-refractivity contribution in [2.75, 3.05) is 5.75 Å². The van der Waals surface area contributed by atoms with Crippen molar-refractivity contribution in [2.24, 2.45) is 5.92 Å². The molecule has 1 aromatic carbocycles. The molecule has 3 nitrogen and oxygen atoms in total. The number of halogens is 1. The predicted molar refractivity (Wildman–Crippen MR) is 94.9 cm³/mol. The summed E-state index contributed by atoms with van der Waals surface area (Å²) < 4.78 is 2.03. The highest BCUT2D eigenvalue weighted by Gasteiger charge is 2.22. The molecule has 2 atom stereocenters. The lowest BCUT2D eigenvalue weighted by atomic mass is 9.86. The number of benzene rings is 1. The van der Waals surface area contributed by atoms with Crippen LogP contribution in [0.25, 0.3) is 10.2 Å². The van der Waals surface area contributed by atoms with Crippen LogP contribution >= 0.6 is 34.7 Å². The Morgan fingerprint density at radius 2 is 2.27 bits per heavy atom. The second kappa shape index (κ2) is 7.20. The smallest absolute Gasteiger partial charge is 0.230 e. The van der Waals surface area contributed by atoms with Gasteiger partial charge in [0.1, 0.15) is 0 Å². The average molecular weight is 355 g/mol. The monoisotopic (exact) mass is 354 g/mol. The fraction of sp³-hybridized carbons (Fsp3) is 0.500. The van der Waals surface area contributed by atoms with Gasteiger partial charge in [0.25, 0.3) is 0 Å². The molecule has 22 heavy (non-hydrogen) atoms. The number of carbonyl (C=O) groups is 1. The Labute approximate surface area is 143 Å². The fourth-order valence-electron chi connectivity index (χ4n) is 2.85. The molecule has 3 rings (SSSR count). The van der Waals surface area contributed by atoms with Gasteiger partial charge >= 0.3 is 0 Å². The molecule has 0 radical (unpaired) electrons. The summed E-state index contributed by atoms with van der Waals surface area (Å²) in [6, 6.07) is 6.05. The first-order valence-corrected chi connectivity index (χ1v) is 9.78. The largest absolute Gasteiger partial charge is 0.352 e. The van der Waals surface area contributed by atoms with Gasteiger partial charge in [-0.1, -0.05) is 43.1 Å². The summed E-state index contributed by atoms with van der Waals surface area (Å²) in [6.45, 7) is 2.23. The third kappa shape index (κ3) is 3.94. The van der Waals surface area contributed by atoms with Crippen molar-refractivity contribution >= 4 is 50.8 Å². The number of thioether (sulfide) groups is 1. The van der Waals surface area contributed by atoms with Gasteiger partial charge in [-0.3, -0.25) is 4.79 Å². The number of hydrogen-bond donors (Lipinski definition) is 1. The number of aromatic nitrogens is 1. The Morgan fingerprint density at radius 3 is 3.09 bits per heavy atom. The van der Waals surface area contributed by atoms with Gasteiger partial charge in [0.05, 0.1) is 16.0 Å². The number of hydrogen-bond acceptors (Lipinski definition) is 4. The standard InChI is InChI=1S/C16H19ClN2OS2/c1-10-4-2-3-5-12(10)18-15(20)9-21-16-19-13-8-11(17)6-7-14(13)22-16/h6-8,10,12H,2-5,9H2,1H3,(H,18,20). The minimum absolute atomic E-state index is 0.112. The molecule has 118 valence electrons. The van der Waals surface area contributed by atoms with E-state index in [0.717, 1.165) is 21.0 Å². The molecular formula is C16H19ClN2OS2. The number of nitrogens with one attached hydrogen (secondary N) is 1. The summed E-state index contributed by atoms with van der Waals surface area (Å²) >= 11 is 9.08. The zero-order valence-corrected chi connectivity index (χ0v) is 14.9. The van der Waals surface area contributed by atoms with Gasteiger partial charge in [-0.05, 0) is 37.0 Å². The van der Waals surface area contributed by atoms with E-state index in [9.17, 15) is 4.79 Å². The van der Waals surface area contributed by atoms with E-state index in [0.29, 0.717) is 22.7 Å². The van der Waals surface area contributed by atoms with Crippen LogP contribution in [0.2, 0.25) is 5.02 Å². The Bertz CT molecular complexity index is 673. The van der Waals surface area contributed by atoms with E-state index >= 15 is 0 Å². The van der Waals surface area contributed by atoms with Crippen LogP contribution in [0.15, 0.2) is 22.5 Å². The molecule has 2 aromatic rings. The van der Waals surface area contributed by atoms with Crippen LogP contribution in [0, 0.1) is 5.92 Å². The summed E-state index contributed by atoms with van der Waals surface area (Å²) in [7, 11) is 0. The van der Waals surface area contributed by atoms with Crippen molar-refractivity contribution in [3.8, 4) is 0 Å². The topological polar surface area (TPSA) is 42.0 Å². The number of nitrogens with zero attached hydrogens (tertiary/aromatic N) is 1. The van der Waals surface area contributed by atoms with Crippen molar-refractivity contribution < 1.29 is 4.79 Å². The predicted octanol–water partition coefficient (Wildman–Crippen LogP) is 4.74. The molecule has 1 fully saturated rings. The van der Waals surface area contributed by atoms with Crippen molar-refractivity contribution in [3.05, 3.63) is 23.2 Å². The van der Waals surface area contributed by atoms with Crippen LogP contribution < -0.4 is 5.32 Å². The first-order valence-electron chi connectivity index (χ1n) is 7.60. The van der Waals surface area contributed by atoms with Crippen molar-refractivity contribution in [2.45, 2.75) is 43.0 Å². The first-order chi connectivity index (χ1) is 10.6. The second-order valence-electron chi connectivity index (χ2n) is 5.82. The molecule has 1 aliphatic rings. The number of thiazole rings is 1. The van der Waals surface area contributed by atoms with Gasteiger partial charge < -0.3 is 5.32 Å². The van der Waals surface area contributed by atoms with Gasteiger partial charge in [0.2, 0.25) is 5.91 Å². The van der Waals surface area contributed by atoms with E-state index in [1.807, 2.05) is 18.2 Å². The minimum atomic E-state index is 0.112. The van der Waals surface area contributed by atoms with Crippen molar-refractivity contribution in [3.63, 3.8) is 0 Å². The maximum absolute atomic E-state index is 12.1. The zero-order chi connectivity index (χ0) is 15.5. The van der Waals surface area contributed by atoms with Crippen molar-refractivity contribution in [1.82, 2.24) is 10.3 Å². The lowest BCUT2D eigenvalue weighted by Gasteiger charge is -2.29. The fourth-order valence-corrected chi connectivity index (χ4v) is 4.87. The highest BCUT2D eigenvalue weighted by atomic mass is 35.5. The quantitative estimate of drug-likeness (QED) is 0.806. The van der Waals surface area contributed by atoms with Crippen LogP contribution in [0.5, 0.6) is 0 Å². The first kappa shape index (κ1) is 16.1. The summed E-state index contributed by atoms with van der Waals surface area (Å²) in [4.78, 5) is 16.6. The molecule has 6 heteroatoms. The third-order valence-electron chi connectivity index (χ3n) is 4.11. The molecular weight excluding hydrogens is 336 g/mol. The SMILES string of the molecule is CC1CCCCC1NC(=O)CSc1nc2cc(Cl)ccc2s1. The zero-order valence-electron chi connectivity index (χ0n) is 12.5. The summed E-state index contributed by atoms with van der Waals surface area (Å²) in [6.07, 6.45) is 4.84. The Kier molecular flexibility index (Phi) is 5.26. The normalized spacial score (nSPS) is 21.9. The van der Waals surface area contributed by atoms with Crippen LogP contribution in [-0.4, -0.2) is 22.7 Å². The maximum Gasteiger partial charge on any atom is 0.230 e. The molecule has 1 heterocycles. The van der Waals surface area contributed by atoms with E-state index in [2.05, 4.69) is 17.2 Å². The van der Waals surface area contributed by atoms with E-state index in [4.69, 9.17) is 11.6 Å². The number of fused-ring (bicyclic) bond motifs is 1. The molecule has 0 bridgehead atoms. The lowest BCUT2D eigenvalue weighted by molar-refractivity contribution is -0.119. The van der Waals surface area contributed by atoms with E-state index in [1.54, 1.807) is 11.3 Å². The van der Waals surface area contributed by atoms with Crippen LogP contribution in [0.3, 0.4) is 0 Å². The lowest BCUT2D eigenvalue weighted by Crippen LogP contribution is -2.41. The van der Waals surface area contributed by atoms with Crippen LogP contribution in [-0.2, 0) is 4.79 Å². The van der Waals surface area contributed by atoms with Crippen molar-refractivity contribution in [1.29, 1.82) is 0 Å². The highest BCUT2D eigenvalue weighted by molar-refractivity contribution is 8.01. The van der Waals surface area contributed by atoms with Crippen LogP contribution in [0.1, 0.15) is 32.6 Å². The minimum Gasteiger partial charge on any atom is -0.352 e. The molecule has 2 unspecified atom stereocenters. The molecule has 1 saturated carbocycles. The highest BCUT2D eigenvalue weighted by Crippen LogP contribution is 2.31. The molecule has 0 saturated heterocycles. The van der Waals surface area contributed by atoms with Crippen LogP contribution in [0.4, 0.5) is 0 Å². The molecule has 0 spiro atoms. The number of amides is 1. The third-order valence-corrected chi connectivity index (χ3v) is 6.53. The number of carbonyl (C=O) groups excluding carboxylic acids is 1. The summed E-state index contributed by atoms with van der Waals surface area (Å²) in [5.41, 5.74) is 0.904. The number of rotatable bonds is 4. The van der Waals surface area contributed by atoms with E-state index < -0.39 is 0 Å². The van der Waals surface area contributed by atoms with Gasteiger partial charge in [-0.25, -0.2) is 4.98 Å². The molecule has 1 N–H and O–H groups in total. The summed E-state index contributed by atoms with van der Waals surface area (Å²) in [5, 5.41) is 3.87. The molecule has 0 aliphatic heterocycles. The average Bonchev–Trinajstić information content (AvgIpc) is 2.89. The van der Waals surface area contributed by atoms with Gasteiger partial charge in [-0.15, -0.1) is 11.3 Å². The van der Waals surface area contributed by atoms with Gasteiger partial charge in [-0.2, -0.15) is 0 Å². The van der Waals surface area contributed by atoms with Gasteiger partial charge in [0.15, 0.2) is 4.34 Å². The Hall–Kier alpha value is -0.780. The second-order valence-corrected chi connectivity index (χ2v) is 8.51. The summed E-state index contributed by atoms with van der Waals surface area (Å²) in [5.74, 6) is 1.13. The maximum atomic E-state index is 12.1. The van der Waals surface area contributed by atoms with E-state index in [-0.39, 0.29) is 5.91 Å². The molecule has 1 aliphatic carbocycles. The Morgan fingerprint density at radius 1 is 1.45 bits per heavy atom. The van der Waals surface area contributed by atoms with E-state index in [1.165, 1.54) is 31.0 Å². The molecule has 1 amide bonds. The van der Waals surface area contributed by atoms with Gasteiger partial charge in [0, 0.05) is 11.1 Å². The Balaban J connectivity index is 1.55.